The molecule has 2 aliphatic heterocycles. The van der Waals surface area contributed by atoms with Crippen LogP contribution < -0.4 is 4.90 Å². The highest BCUT2D eigenvalue weighted by molar-refractivity contribution is 7.99. The molecule has 2 saturated heterocycles. The zero-order valence-electron chi connectivity index (χ0n) is 19.1. The molecule has 0 saturated carbocycles. The largest absolute Gasteiger partial charge is 0.368 e. The number of hydrogen-bond donors (Lipinski definition) is 0. The average Bonchev–Trinajstić information content (AvgIpc) is 3.11. The number of hydrogen-bond acceptors (Lipinski definition) is 6. The highest BCUT2D eigenvalue weighted by Gasteiger charge is 2.24. The van der Waals surface area contributed by atoms with Crippen LogP contribution in [0.2, 0.25) is 0 Å². The van der Waals surface area contributed by atoms with E-state index in [1.165, 1.54) is 23.9 Å². The van der Waals surface area contributed by atoms with E-state index in [9.17, 15) is 14.0 Å². The van der Waals surface area contributed by atoms with E-state index in [1.54, 1.807) is 12.1 Å². The fraction of sp³-hybridized carbons (Fsp3) is 0.565. The second-order valence-corrected chi connectivity index (χ2v) is 9.34. The molecule has 0 bridgehead atoms. The van der Waals surface area contributed by atoms with Crippen molar-refractivity contribution < 1.29 is 14.0 Å². The van der Waals surface area contributed by atoms with Crippen LogP contribution in [0.3, 0.4) is 0 Å². The summed E-state index contributed by atoms with van der Waals surface area (Å²) in [6.45, 7) is 6.68. The first-order chi connectivity index (χ1) is 16.0. The van der Waals surface area contributed by atoms with Crippen LogP contribution in [0.4, 0.5) is 10.1 Å². The minimum atomic E-state index is -0.245. The van der Waals surface area contributed by atoms with E-state index in [1.807, 2.05) is 21.3 Å². The Balaban J connectivity index is 1.29. The third kappa shape index (κ3) is 5.85. The van der Waals surface area contributed by atoms with Crippen LogP contribution in [0.15, 0.2) is 29.4 Å². The lowest BCUT2D eigenvalue weighted by Gasteiger charge is -2.36. The Kier molecular flexibility index (Phi) is 7.85. The number of anilines is 1. The molecule has 8 nitrogen and oxygen atoms in total. The van der Waals surface area contributed by atoms with Gasteiger partial charge >= 0.3 is 0 Å². The Morgan fingerprint density at radius 2 is 1.79 bits per heavy atom. The predicted octanol–water partition coefficient (Wildman–Crippen LogP) is 2.78. The second kappa shape index (κ2) is 11.0. The number of benzene rings is 1. The Morgan fingerprint density at radius 1 is 1.03 bits per heavy atom. The number of rotatable bonds is 7. The van der Waals surface area contributed by atoms with E-state index in [0.717, 1.165) is 50.4 Å². The molecule has 0 radical (unpaired) electrons. The van der Waals surface area contributed by atoms with Crippen molar-refractivity contribution in [1.82, 2.24) is 24.6 Å². The third-order valence-electron chi connectivity index (χ3n) is 6.26. The van der Waals surface area contributed by atoms with Gasteiger partial charge in [0.1, 0.15) is 5.82 Å². The van der Waals surface area contributed by atoms with Crippen LogP contribution in [0.1, 0.15) is 38.4 Å². The highest BCUT2D eigenvalue weighted by atomic mass is 32.2. The van der Waals surface area contributed by atoms with Gasteiger partial charge in [0.15, 0.2) is 11.0 Å². The van der Waals surface area contributed by atoms with E-state index in [2.05, 4.69) is 15.1 Å². The Morgan fingerprint density at radius 3 is 2.52 bits per heavy atom. The monoisotopic (exact) mass is 474 g/mol. The number of piperazine rings is 1. The number of likely N-dealkylation sites (tertiary alicyclic amines) is 1. The molecule has 2 fully saturated rings. The SMILES string of the molecule is CCn1c(CN2CCCCCC2=O)nnc1SCC(=O)N1CCN(c2ccc(F)cc2)CC1. The molecule has 0 atom stereocenters. The van der Waals surface area contributed by atoms with Gasteiger partial charge in [-0.15, -0.1) is 10.2 Å². The van der Waals surface area contributed by atoms with Gasteiger partial charge in [-0.1, -0.05) is 18.2 Å². The Bertz CT molecular complexity index is 958. The van der Waals surface area contributed by atoms with Crippen LogP contribution >= 0.6 is 11.8 Å². The van der Waals surface area contributed by atoms with Crippen molar-refractivity contribution in [2.24, 2.45) is 0 Å². The number of carbonyl (C=O) groups is 2. The third-order valence-corrected chi connectivity index (χ3v) is 7.21. The fourth-order valence-electron chi connectivity index (χ4n) is 4.32. The highest BCUT2D eigenvalue weighted by Crippen LogP contribution is 2.21. The predicted molar refractivity (Wildman–Crippen MR) is 125 cm³/mol. The van der Waals surface area contributed by atoms with E-state index in [4.69, 9.17) is 0 Å². The van der Waals surface area contributed by atoms with Gasteiger partial charge in [0.25, 0.3) is 0 Å². The normalized spacial score (nSPS) is 17.4. The van der Waals surface area contributed by atoms with Gasteiger partial charge < -0.3 is 19.3 Å². The molecule has 4 rings (SSSR count). The zero-order valence-corrected chi connectivity index (χ0v) is 19.9. The van der Waals surface area contributed by atoms with E-state index < -0.39 is 0 Å². The summed E-state index contributed by atoms with van der Waals surface area (Å²) in [5.41, 5.74) is 0.976. The van der Waals surface area contributed by atoms with Gasteiger partial charge in [-0.2, -0.15) is 0 Å². The summed E-state index contributed by atoms with van der Waals surface area (Å²) in [5, 5.41) is 9.35. The summed E-state index contributed by atoms with van der Waals surface area (Å²) in [6, 6.07) is 6.48. The minimum Gasteiger partial charge on any atom is -0.368 e. The molecule has 3 heterocycles. The lowest BCUT2D eigenvalue weighted by molar-refractivity contribution is -0.131. The van der Waals surface area contributed by atoms with Crippen molar-refractivity contribution in [2.45, 2.75) is 50.9 Å². The number of thioether (sulfide) groups is 1. The quantitative estimate of drug-likeness (QED) is 0.575. The van der Waals surface area contributed by atoms with Gasteiger partial charge in [0.2, 0.25) is 11.8 Å². The number of nitrogens with zero attached hydrogens (tertiary/aromatic N) is 6. The summed E-state index contributed by atoms with van der Waals surface area (Å²) < 4.78 is 15.2. The first-order valence-electron chi connectivity index (χ1n) is 11.7. The van der Waals surface area contributed by atoms with Crippen molar-refractivity contribution in [3.05, 3.63) is 35.9 Å². The summed E-state index contributed by atoms with van der Waals surface area (Å²) in [5.74, 6) is 1.09. The molecule has 2 aliphatic rings. The first-order valence-corrected chi connectivity index (χ1v) is 12.6. The molecule has 0 spiro atoms. The minimum absolute atomic E-state index is 0.0775. The van der Waals surface area contributed by atoms with Crippen LogP contribution in [0.5, 0.6) is 0 Å². The zero-order chi connectivity index (χ0) is 23.2. The molecule has 0 N–H and O–H groups in total. The molecular formula is C23H31FN6O2S. The van der Waals surface area contributed by atoms with Gasteiger partial charge in [-0.25, -0.2) is 4.39 Å². The topological polar surface area (TPSA) is 74.6 Å². The van der Waals surface area contributed by atoms with Gasteiger partial charge in [-0.3, -0.25) is 9.59 Å². The maximum atomic E-state index is 13.2. The number of carbonyl (C=O) groups excluding carboxylic acids is 2. The van der Waals surface area contributed by atoms with Crippen molar-refractivity contribution in [3.8, 4) is 0 Å². The van der Waals surface area contributed by atoms with Crippen molar-refractivity contribution in [2.75, 3.05) is 43.4 Å². The molecular weight excluding hydrogens is 443 g/mol. The Labute approximate surface area is 198 Å². The van der Waals surface area contributed by atoms with Crippen LogP contribution in [-0.2, 0) is 22.7 Å². The van der Waals surface area contributed by atoms with Crippen LogP contribution in [0.25, 0.3) is 0 Å². The average molecular weight is 475 g/mol. The maximum Gasteiger partial charge on any atom is 0.233 e. The molecule has 33 heavy (non-hydrogen) atoms. The summed E-state index contributed by atoms with van der Waals surface area (Å²) >= 11 is 1.40. The number of aromatic nitrogens is 3. The lowest BCUT2D eigenvalue weighted by Crippen LogP contribution is -2.49. The first kappa shape index (κ1) is 23.5. The number of halogens is 1. The molecule has 2 aromatic rings. The van der Waals surface area contributed by atoms with Crippen molar-refractivity contribution in [3.63, 3.8) is 0 Å². The van der Waals surface area contributed by atoms with Gasteiger partial charge in [-0.05, 0) is 44.0 Å². The standard InChI is InChI=1S/C23H31FN6O2S/c1-2-30-20(16-29-11-5-3-4-6-21(29)31)25-26-23(30)33-17-22(32)28-14-12-27(13-15-28)19-9-7-18(24)8-10-19/h7-10H,2-6,11-17H2,1H3. The molecule has 1 aromatic heterocycles. The molecule has 0 aliphatic carbocycles. The maximum absolute atomic E-state index is 13.2. The van der Waals surface area contributed by atoms with E-state index in [-0.39, 0.29) is 17.6 Å². The summed E-state index contributed by atoms with van der Waals surface area (Å²) in [4.78, 5) is 31.0. The summed E-state index contributed by atoms with van der Waals surface area (Å²) in [6.07, 6.45) is 3.67. The molecule has 0 unspecified atom stereocenters. The van der Waals surface area contributed by atoms with Crippen molar-refractivity contribution in [1.29, 1.82) is 0 Å². The van der Waals surface area contributed by atoms with Gasteiger partial charge in [0.05, 0.1) is 12.3 Å². The lowest BCUT2D eigenvalue weighted by atomic mass is 10.2. The molecule has 178 valence electrons. The number of amides is 2. The van der Waals surface area contributed by atoms with Crippen molar-refractivity contribution >= 4 is 29.3 Å². The fourth-order valence-corrected chi connectivity index (χ4v) is 5.24. The van der Waals surface area contributed by atoms with E-state index in [0.29, 0.717) is 43.5 Å². The molecule has 10 heteroatoms. The van der Waals surface area contributed by atoms with Gasteiger partial charge in [0, 0.05) is 51.4 Å². The molecule has 2 amide bonds. The Hall–Kier alpha value is -2.62. The molecule has 1 aromatic carbocycles. The smallest absolute Gasteiger partial charge is 0.233 e. The van der Waals surface area contributed by atoms with Crippen LogP contribution in [-0.4, -0.2) is 74.9 Å². The summed E-state index contributed by atoms with van der Waals surface area (Å²) in [7, 11) is 0. The van der Waals surface area contributed by atoms with E-state index >= 15 is 0 Å². The second-order valence-electron chi connectivity index (χ2n) is 8.40. The van der Waals surface area contributed by atoms with Crippen LogP contribution in [0, 0.1) is 5.82 Å².